The number of methoxy groups -OCH3 is 3. The van der Waals surface area contributed by atoms with E-state index < -0.39 is 117 Å². The molecule has 0 aromatic heterocycles. The van der Waals surface area contributed by atoms with Crippen LogP contribution in [0.4, 0.5) is 0 Å². The van der Waals surface area contributed by atoms with Crippen molar-refractivity contribution >= 4 is 45.0 Å². The Morgan fingerprint density at radius 2 is 1.63 bits per heavy atom. The minimum Gasteiger partial charge on any atom is -0.460 e. The molecule has 3 heterocycles. The molecule has 18 heteroatoms. The van der Waals surface area contributed by atoms with E-state index in [0.717, 1.165) is 10.5 Å². The van der Waals surface area contributed by atoms with Crippen LogP contribution in [0.2, 0.25) is 0 Å². The number of sulfone groups is 1. The van der Waals surface area contributed by atoms with E-state index in [-0.39, 0.29) is 61.4 Å². The third-order valence-electron chi connectivity index (χ3n) is 15.6. The molecule has 0 aromatic carbocycles. The molecule has 1 aliphatic carbocycles. The number of terminal acetylenes is 1. The fourth-order valence-electron chi connectivity index (χ4n) is 10.9. The van der Waals surface area contributed by atoms with E-state index in [0.29, 0.717) is 63.4 Å². The van der Waals surface area contributed by atoms with Crippen molar-refractivity contribution in [3.8, 4) is 12.3 Å². The zero-order valence-electron chi connectivity index (χ0n) is 45.9. The number of ketones is 3. The SMILES string of the molecule is C#CCCS(=O)(=O)CC(=O)O[C@@H]1CC[C@@H](C[C@@H](C)[C@@H]2CC(=O)[C@H](C)/C=C(\C)[C@@H](O)[C@@H](OC)C(=O)[C@H](C)C[C@H](C)/C=C/C=C/C=C(\C)[C@@H](OC)C[C@@H]3CC[C@@H](C)[C@@](O)(O3)C(=O)C(=O)N3CCCC[C@H]3C(=O)O2)C[C@H]1OC. The van der Waals surface area contributed by atoms with Crippen LogP contribution in [0.15, 0.2) is 47.6 Å². The Morgan fingerprint density at radius 3 is 2.29 bits per heavy atom. The maximum atomic E-state index is 14.6. The Kier molecular flexibility index (Phi) is 24.8. The predicted octanol–water partition coefficient (Wildman–Crippen LogP) is 6.17. The van der Waals surface area contributed by atoms with Crippen molar-refractivity contribution in [2.24, 2.45) is 35.5 Å². The van der Waals surface area contributed by atoms with Crippen molar-refractivity contribution < 1.29 is 75.8 Å². The second-order valence-corrected chi connectivity index (χ2v) is 23.8. The second-order valence-electron chi connectivity index (χ2n) is 21.6. The highest BCUT2D eigenvalue weighted by Crippen LogP contribution is 2.38. The molecule has 3 aliphatic heterocycles. The van der Waals surface area contributed by atoms with Crippen LogP contribution >= 0.6 is 0 Å². The van der Waals surface area contributed by atoms with Gasteiger partial charge in [0.15, 0.2) is 15.6 Å². The molecule has 2 N–H and O–H groups in total. The van der Waals surface area contributed by atoms with Gasteiger partial charge in [0.1, 0.15) is 42.0 Å². The van der Waals surface area contributed by atoms with Gasteiger partial charge in [-0.15, -0.1) is 12.3 Å². The largest absolute Gasteiger partial charge is 0.460 e. The lowest BCUT2D eigenvalue weighted by Crippen LogP contribution is -2.61. The number of hydrogen-bond donors (Lipinski definition) is 2. The van der Waals surface area contributed by atoms with Crippen LogP contribution in [0.3, 0.4) is 0 Å². The molecule has 2 saturated heterocycles. The van der Waals surface area contributed by atoms with E-state index in [1.165, 1.54) is 14.2 Å². The summed E-state index contributed by atoms with van der Waals surface area (Å²) in [5.41, 5.74) is 1.19. The van der Waals surface area contributed by atoms with Gasteiger partial charge in [-0.05, 0) is 107 Å². The lowest BCUT2D eigenvalue weighted by molar-refractivity contribution is -0.265. The highest BCUT2D eigenvalue weighted by molar-refractivity contribution is 7.92. The number of carbonyl (C=O) groups is 6. The summed E-state index contributed by atoms with van der Waals surface area (Å²) in [7, 11) is 0.607. The van der Waals surface area contributed by atoms with Crippen LogP contribution in [0, 0.1) is 47.9 Å². The van der Waals surface area contributed by atoms with E-state index >= 15 is 0 Å². The van der Waals surface area contributed by atoms with Crippen molar-refractivity contribution in [1.82, 2.24) is 4.90 Å². The molecule has 0 radical (unpaired) electrons. The van der Waals surface area contributed by atoms with Gasteiger partial charge >= 0.3 is 11.9 Å². The Morgan fingerprint density at radius 1 is 0.907 bits per heavy atom. The Balaban J connectivity index is 1.67. The number of amides is 1. The number of carbonyl (C=O) groups excluding carboxylic acids is 6. The summed E-state index contributed by atoms with van der Waals surface area (Å²) >= 11 is 0. The Hall–Kier alpha value is -4.35. The van der Waals surface area contributed by atoms with Crippen molar-refractivity contribution in [3.63, 3.8) is 0 Å². The van der Waals surface area contributed by atoms with Gasteiger partial charge in [-0.1, -0.05) is 71.1 Å². The average Bonchev–Trinajstić information content (AvgIpc) is 3.37. The third-order valence-corrected chi connectivity index (χ3v) is 17.1. The summed E-state index contributed by atoms with van der Waals surface area (Å²) in [5, 5.41) is 23.5. The topological polar surface area (TPSA) is 236 Å². The van der Waals surface area contributed by atoms with Crippen LogP contribution in [0.1, 0.15) is 132 Å². The summed E-state index contributed by atoms with van der Waals surface area (Å²) in [5.74, 6) is -8.60. The summed E-state index contributed by atoms with van der Waals surface area (Å²) in [4.78, 5) is 85.2. The molecule has 0 spiro atoms. The first-order valence-corrected chi connectivity index (χ1v) is 28.5. The first-order valence-electron chi connectivity index (χ1n) is 26.7. The summed E-state index contributed by atoms with van der Waals surface area (Å²) in [6.45, 7) is 12.5. The van der Waals surface area contributed by atoms with Gasteiger partial charge in [-0.2, -0.15) is 0 Å². The van der Waals surface area contributed by atoms with Gasteiger partial charge in [-0.25, -0.2) is 13.2 Å². The molecule has 0 unspecified atom stereocenters. The molecule has 4 rings (SSSR count). The summed E-state index contributed by atoms with van der Waals surface area (Å²) in [6.07, 6.45) is 14.4. The van der Waals surface area contributed by atoms with Crippen molar-refractivity contribution in [2.75, 3.05) is 39.4 Å². The number of rotatable bonds is 11. The molecule has 420 valence electrons. The minimum atomic E-state index is -3.77. The number of aliphatic hydroxyl groups excluding tert-OH is 1. The minimum absolute atomic E-state index is 0.0148. The molecule has 17 nitrogen and oxygen atoms in total. The monoisotopic (exact) mass is 1070 g/mol. The molecule has 15 atom stereocenters. The van der Waals surface area contributed by atoms with Crippen LogP contribution in [-0.4, -0.2) is 153 Å². The van der Waals surface area contributed by atoms with E-state index in [1.54, 1.807) is 40.9 Å². The molecular formula is C57H85NO16S. The van der Waals surface area contributed by atoms with E-state index in [9.17, 15) is 47.4 Å². The highest BCUT2D eigenvalue weighted by atomic mass is 32.2. The van der Waals surface area contributed by atoms with E-state index in [1.807, 2.05) is 51.2 Å². The van der Waals surface area contributed by atoms with E-state index in [4.69, 9.17) is 34.8 Å². The fraction of sp³-hybridized carbons (Fsp3) is 0.719. The van der Waals surface area contributed by atoms with Gasteiger partial charge in [0.05, 0.1) is 24.1 Å². The first-order chi connectivity index (χ1) is 35.4. The van der Waals surface area contributed by atoms with Crippen LogP contribution in [0.5, 0.6) is 0 Å². The Labute approximate surface area is 445 Å². The van der Waals surface area contributed by atoms with Gasteiger partial charge in [-0.3, -0.25) is 24.0 Å². The zero-order chi connectivity index (χ0) is 55.8. The van der Waals surface area contributed by atoms with Crippen molar-refractivity contribution in [1.29, 1.82) is 0 Å². The summed E-state index contributed by atoms with van der Waals surface area (Å²) < 4.78 is 60.1. The molecule has 1 saturated carbocycles. The van der Waals surface area contributed by atoms with Gasteiger partial charge in [0.25, 0.3) is 11.7 Å². The van der Waals surface area contributed by atoms with Gasteiger partial charge in [0, 0.05) is 64.9 Å². The number of Topliss-reactive ketones (excluding diaryl/α,β-unsaturated/α-hetero) is 3. The molecule has 4 aliphatic rings. The fourth-order valence-corrected chi connectivity index (χ4v) is 11.9. The van der Waals surface area contributed by atoms with Crippen molar-refractivity contribution in [2.45, 2.75) is 186 Å². The van der Waals surface area contributed by atoms with Crippen LogP contribution in [-0.2, 0) is 67.0 Å². The number of allylic oxidation sites excluding steroid dienone is 6. The quantitative estimate of drug-likeness (QED) is 0.102. The Bertz CT molecular complexity index is 2260. The second kappa shape index (κ2) is 29.4. The lowest BCUT2D eigenvalue weighted by atomic mass is 9.78. The number of aliphatic hydroxyl groups is 2. The first kappa shape index (κ1) is 63.2. The molecule has 0 aromatic rings. The van der Waals surface area contributed by atoms with Crippen molar-refractivity contribution in [3.05, 3.63) is 47.6 Å². The average molecular weight is 1070 g/mol. The van der Waals surface area contributed by atoms with Crippen LogP contribution < -0.4 is 0 Å². The lowest BCUT2D eigenvalue weighted by Gasteiger charge is -2.42. The standard InChI is InChI=1S/C57H85NO16S/c1-12-13-27-75(67,68)34-50(60)72-46-25-23-42(31-49(46)70-10)30-38(5)48-33-45(59)37(4)29-40(7)52(62)53(71-11)51(61)39(6)28-35(2)19-15-14-16-20-36(3)47(69-9)32-43-24-22-41(8)57(66,74-43)54(63)55(64)58-26-18-17-21-44(58)56(65)73-48/h1,14-16,19-20,29,35,37-39,41-44,46-49,52-53,62,66H,13,17-18,21-28,30-34H2,2-11H3/b16-14+,19-15+,36-20+,40-29+/t35-,37-,38-,39-,41-,42+,43+,44+,46-,47+,48+,49-,52-,53+,57-/m1/s1. The third kappa shape index (κ3) is 17.8. The maximum Gasteiger partial charge on any atom is 0.329 e. The number of cyclic esters (lactones) is 1. The number of nitrogens with zero attached hydrogens (tertiary/aromatic N) is 1. The normalized spacial score (nSPS) is 36.6. The molecule has 1 amide bonds. The molecular weight excluding hydrogens is 987 g/mol. The summed E-state index contributed by atoms with van der Waals surface area (Å²) in [6, 6.07) is -1.22. The zero-order valence-corrected chi connectivity index (χ0v) is 46.7. The van der Waals surface area contributed by atoms with E-state index in [2.05, 4.69) is 5.92 Å². The maximum absolute atomic E-state index is 14.6. The predicted molar refractivity (Wildman–Crippen MR) is 281 cm³/mol. The number of fused-ring (bicyclic) bond motifs is 3. The molecule has 3 fully saturated rings. The number of ether oxygens (including phenoxy) is 6. The van der Waals surface area contributed by atoms with Gasteiger partial charge < -0.3 is 43.5 Å². The van der Waals surface area contributed by atoms with Crippen LogP contribution in [0.25, 0.3) is 0 Å². The number of esters is 2. The number of piperidine rings is 1. The highest BCUT2D eigenvalue weighted by Gasteiger charge is 2.53. The number of hydrogen-bond acceptors (Lipinski definition) is 16. The smallest absolute Gasteiger partial charge is 0.329 e. The molecule has 75 heavy (non-hydrogen) atoms. The molecule has 2 bridgehead atoms. The van der Waals surface area contributed by atoms with Gasteiger partial charge in [0.2, 0.25) is 5.79 Å².